The Morgan fingerprint density at radius 1 is 1.08 bits per heavy atom. The summed E-state index contributed by atoms with van der Waals surface area (Å²) in [5.41, 5.74) is 2.03. The van der Waals surface area contributed by atoms with Crippen LogP contribution in [0, 0.1) is 0 Å². The number of nitrogens with zero attached hydrogens (tertiary/aromatic N) is 2. The van der Waals surface area contributed by atoms with Crippen molar-refractivity contribution < 1.29 is 4.79 Å². The molecule has 0 bridgehead atoms. The number of benzene rings is 2. The van der Waals surface area contributed by atoms with Gasteiger partial charge in [0.25, 0.3) is 5.56 Å². The van der Waals surface area contributed by atoms with Crippen LogP contribution in [0.15, 0.2) is 64.5 Å². The molecule has 3 rings (SSSR count). The van der Waals surface area contributed by atoms with E-state index in [4.69, 9.17) is 0 Å². The Morgan fingerprint density at radius 2 is 1.80 bits per heavy atom. The lowest BCUT2D eigenvalue weighted by molar-refractivity contribution is -0.114. The monoisotopic (exact) mass is 352 g/mol. The molecule has 0 spiro atoms. The standard InChI is InChI=1S/C18H16N4O2S/c1-12(23)19-15-10-6-5-9-14(15)16-17(24)20-18(22-21-16)25-11-13-7-3-2-4-8-13/h2-10H,11H2,1H3,(H,19,23)(H,20,22,24). The van der Waals surface area contributed by atoms with Crippen LogP contribution >= 0.6 is 11.8 Å². The number of rotatable bonds is 5. The summed E-state index contributed by atoms with van der Waals surface area (Å²) in [5.74, 6) is 0.472. The maximum Gasteiger partial charge on any atom is 0.278 e. The van der Waals surface area contributed by atoms with Crippen molar-refractivity contribution in [3.63, 3.8) is 0 Å². The number of nitrogens with one attached hydrogen (secondary N) is 2. The summed E-state index contributed by atoms with van der Waals surface area (Å²) in [6.07, 6.45) is 0. The first-order chi connectivity index (χ1) is 12.1. The number of carbonyl (C=O) groups is 1. The molecule has 3 aromatic rings. The van der Waals surface area contributed by atoms with Crippen molar-refractivity contribution >= 4 is 23.4 Å². The van der Waals surface area contributed by atoms with Gasteiger partial charge in [-0.3, -0.25) is 14.6 Å². The molecule has 0 fully saturated rings. The summed E-state index contributed by atoms with van der Waals surface area (Å²) in [5, 5.41) is 11.3. The predicted molar refractivity (Wildman–Crippen MR) is 98.4 cm³/mol. The largest absolute Gasteiger partial charge is 0.326 e. The van der Waals surface area contributed by atoms with E-state index in [-0.39, 0.29) is 17.2 Å². The van der Waals surface area contributed by atoms with Gasteiger partial charge in [-0.1, -0.05) is 60.3 Å². The fraction of sp³-hybridized carbons (Fsp3) is 0.111. The lowest BCUT2D eigenvalue weighted by Gasteiger charge is -2.08. The number of hydrogen-bond donors (Lipinski definition) is 2. The van der Waals surface area contributed by atoms with Gasteiger partial charge in [0.2, 0.25) is 5.91 Å². The third kappa shape index (κ3) is 4.33. The molecule has 25 heavy (non-hydrogen) atoms. The summed E-state index contributed by atoms with van der Waals surface area (Å²) < 4.78 is 0. The minimum Gasteiger partial charge on any atom is -0.326 e. The molecule has 2 N–H and O–H groups in total. The zero-order chi connectivity index (χ0) is 17.6. The molecule has 7 heteroatoms. The normalized spacial score (nSPS) is 10.4. The van der Waals surface area contributed by atoms with Crippen LogP contribution < -0.4 is 10.9 Å². The summed E-state index contributed by atoms with van der Waals surface area (Å²) in [6, 6.07) is 16.9. The van der Waals surface area contributed by atoms with Crippen molar-refractivity contribution in [3.05, 3.63) is 70.5 Å². The van der Waals surface area contributed by atoms with Crippen molar-refractivity contribution in [3.8, 4) is 11.3 Å². The number of hydrogen-bond acceptors (Lipinski definition) is 5. The van der Waals surface area contributed by atoms with Gasteiger partial charge in [0.1, 0.15) is 0 Å². The first kappa shape index (κ1) is 16.9. The molecule has 6 nitrogen and oxygen atoms in total. The molecular formula is C18H16N4O2S. The van der Waals surface area contributed by atoms with Crippen LogP contribution in [-0.2, 0) is 10.5 Å². The summed E-state index contributed by atoms with van der Waals surface area (Å²) in [6.45, 7) is 1.41. The number of H-pyrrole nitrogens is 1. The topological polar surface area (TPSA) is 87.7 Å². The Labute approximate surface area is 148 Å². The van der Waals surface area contributed by atoms with Crippen molar-refractivity contribution in [2.75, 3.05) is 5.32 Å². The maximum absolute atomic E-state index is 12.4. The number of aromatic nitrogens is 3. The molecule has 0 aliphatic heterocycles. The molecule has 0 radical (unpaired) electrons. The van der Waals surface area contributed by atoms with Gasteiger partial charge in [-0.15, -0.1) is 10.2 Å². The van der Waals surface area contributed by atoms with E-state index in [0.717, 1.165) is 5.56 Å². The molecule has 0 saturated heterocycles. The van der Waals surface area contributed by atoms with Gasteiger partial charge in [0.15, 0.2) is 10.9 Å². The quantitative estimate of drug-likeness (QED) is 0.689. The second kappa shape index (κ2) is 7.76. The van der Waals surface area contributed by atoms with Gasteiger partial charge in [0, 0.05) is 18.2 Å². The molecule has 0 unspecified atom stereocenters. The number of amides is 1. The number of thioether (sulfide) groups is 1. The van der Waals surface area contributed by atoms with Gasteiger partial charge >= 0.3 is 0 Å². The minimum absolute atomic E-state index is 0.174. The Balaban J connectivity index is 1.83. The van der Waals surface area contributed by atoms with Crippen LogP contribution in [-0.4, -0.2) is 21.1 Å². The summed E-state index contributed by atoms with van der Waals surface area (Å²) >= 11 is 1.41. The first-order valence-electron chi connectivity index (χ1n) is 7.64. The lowest BCUT2D eigenvalue weighted by atomic mass is 10.1. The van der Waals surface area contributed by atoms with Crippen molar-refractivity contribution in [2.45, 2.75) is 17.8 Å². The first-order valence-corrected chi connectivity index (χ1v) is 8.63. The van der Waals surface area contributed by atoms with Crippen LogP contribution in [0.2, 0.25) is 0 Å². The van der Waals surface area contributed by atoms with Gasteiger partial charge in [-0.2, -0.15) is 0 Å². The number of anilines is 1. The highest BCUT2D eigenvalue weighted by Gasteiger charge is 2.12. The molecule has 2 aromatic carbocycles. The SMILES string of the molecule is CC(=O)Nc1ccccc1-c1nnc(SCc2ccccc2)[nH]c1=O. The molecule has 0 atom stereocenters. The van der Waals surface area contributed by atoms with Crippen molar-refractivity contribution in [1.29, 1.82) is 0 Å². The van der Waals surface area contributed by atoms with E-state index >= 15 is 0 Å². The van der Waals surface area contributed by atoms with E-state index in [9.17, 15) is 9.59 Å². The van der Waals surface area contributed by atoms with Crippen LogP contribution in [0.25, 0.3) is 11.3 Å². The second-order valence-corrected chi connectivity index (χ2v) is 6.27. The average molecular weight is 352 g/mol. The zero-order valence-electron chi connectivity index (χ0n) is 13.5. The zero-order valence-corrected chi connectivity index (χ0v) is 14.3. The number of para-hydroxylation sites is 1. The molecule has 126 valence electrons. The molecular weight excluding hydrogens is 336 g/mol. The fourth-order valence-electron chi connectivity index (χ4n) is 2.28. The number of aromatic amines is 1. The van der Waals surface area contributed by atoms with Crippen LogP contribution in [0.5, 0.6) is 0 Å². The van der Waals surface area contributed by atoms with E-state index in [0.29, 0.717) is 22.2 Å². The van der Waals surface area contributed by atoms with Gasteiger partial charge in [0.05, 0.1) is 5.69 Å². The molecule has 0 saturated carbocycles. The van der Waals surface area contributed by atoms with Crippen molar-refractivity contribution in [2.24, 2.45) is 0 Å². The van der Waals surface area contributed by atoms with Crippen LogP contribution in [0.3, 0.4) is 0 Å². The third-order valence-corrected chi connectivity index (χ3v) is 4.32. The second-order valence-electron chi connectivity index (χ2n) is 5.31. The van der Waals surface area contributed by atoms with E-state index < -0.39 is 0 Å². The average Bonchev–Trinajstić information content (AvgIpc) is 2.61. The van der Waals surface area contributed by atoms with Gasteiger partial charge in [-0.25, -0.2) is 0 Å². The lowest BCUT2D eigenvalue weighted by Crippen LogP contribution is -2.16. The summed E-state index contributed by atoms with van der Waals surface area (Å²) in [7, 11) is 0. The number of carbonyl (C=O) groups excluding carboxylic acids is 1. The minimum atomic E-state index is -0.344. The summed E-state index contributed by atoms with van der Waals surface area (Å²) in [4.78, 5) is 26.5. The highest BCUT2D eigenvalue weighted by atomic mass is 32.2. The molecule has 0 aliphatic carbocycles. The predicted octanol–water partition coefficient (Wildman–Crippen LogP) is 3.08. The Hall–Kier alpha value is -2.93. The van der Waals surface area contributed by atoms with E-state index in [1.165, 1.54) is 18.7 Å². The highest BCUT2D eigenvalue weighted by molar-refractivity contribution is 7.98. The maximum atomic E-state index is 12.4. The Kier molecular flexibility index (Phi) is 5.25. The molecule has 1 heterocycles. The molecule has 1 amide bonds. The van der Waals surface area contributed by atoms with E-state index in [1.54, 1.807) is 24.3 Å². The Morgan fingerprint density at radius 3 is 2.52 bits per heavy atom. The highest BCUT2D eigenvalue weighted by Crippen LogP contribution is 2.24. The van der Waals surface area contributed by atoms with E-state index in [2.05, 4.69) is 20.5 Å². The third-order valence-electron chi connectivity index (χ3n) is 3.39. The van der Waals surface area contributed by atoms with Gasteiger partial charge in [-0.05, 0) is 11.6 Å². The van der Waals surface area contributed by atoms with Crippen LogP contribution in [0.4, 0.5) is 5.69 Å². The molecule has 0 aliphatic rings. The fourth-order valence-corrected chi connectivity index (χ4v) is 3.04. The molecule has 1 aromatic heterocycles. The van der Waals surface area contributed by atoms with Crippen molar-refractivity contribution in [1.82, 2.24) is 15.2 Å². The van der Waals surface area contributed by atoms with Gasteiger partial charge < -0.3 is 5.32 Å². The Bertz CT molecular complexity index is 941. The van der Waals surface area contributed by atoms with E-state index in [1.807, 2.05) is 30.3 Å². The van der Waals surface area contributed by atoms with Crippen LogP contribution in [0.1, 0.15) is 12.5 Å². The smallest absolute Gasteiger partial charge is 0.278 e.